The van der Waals surface area contributed by atoms with Crippen molar-refractivity contribution in [1.82, 2.24) is 14.3 Å². The summed E-state index contributed by atoms with van der Waals surface area (Å²) >= 11 is 0. The summed E-state index contributed by atoms with van der Waals surface area (Å²) in [5.74, 6) is 1.53. The van der Waals surface area contributed by atoms with Crippen molar-refractivity contribution in [3.05, 3.63) is 34.8 Å². The zero-order valence-electron chi connectivity index (χ0n) is 11.6. The number of aryl methyl sites for hydroxylation is 3. The van der Waals surface area contributed by atoms with Gasteiger partial charge in [0.1, 0.15) is 0 Å². The van der Waals surface area contributed by atoms with Crippen molar-refractivity contribution in [2.24, 2.45) is 7.05 Å². The van der Waals surface area contributed by atoms with E-state index in [2.05, 4.69) is 56.4 Å². The molecule has 2 aromatic rings. The van der Waals surface area contributed by atoms with Crippen LogP contribution in [0.1, 0.15) is 42.4 Å². The average molecular weight is 231 g/mol. The van der Waals surface area contributed by atoms with Gasteiger partial charge in [-0.15, -0.1) is 0 Å². The fourth-order valence-corrected chi connectivity index (χ4v) is 2.39. The molecule has 17 heavy (non-hydrogen) atoms. The van der Waals surface area contributed by atoms with Crippen molar-refractivity contribution >= 4 is 0 Å². The molecule has 2 heterocycles. The van der Waals surface area contributed by atoms with Crippen molar-refractivity contribution in [3.63, 3.8) is 0 Å². The Kier molecular flexibility index (Phi) is 2.86. The molecule has 0 amide bonds. The molecule has 0 saturated heterocycles. The van der Waals surface area contributed by atoms with Crippen LogP contribution in [-0.2, 0) is 7.05 Å². The molecule has 0 bridgehead atoms. The smallest absolute Gasteiger partial charge is 0.159 e. The molecular weight excluding hydrogens is 210 g/mol. The second-order valence-corrected chi connectivity index (χ2v) is 5.10. The van der Waals surface area contributed by atoms with Crippen molar-refractivity contribution in [1.29, 1.82) is 0 Å². The molecule has 3 nitrogen and oxygen atoms in total. The second kappa shape index (κ2) is 4.06. The first-order valence-corrected chi connectivity index (χ1v) is 6.11. The Morgan fingerprint density at radius 2 is 1.76 bits per heavy atom. The fourth-order valence-electron chi connectivity index (χ4n) is 2.39. The average Bonchev–Trinajstić information content (AvgIpc) is 2.70. The highest BCUT2D eigenvalue weighted by molar-refractivity contribution is 5.37. The molecule has 2 rings (SSSR count). The Morgan fingerprint density at radius 3 is 2.18 bits per heavy atom. The van der Waals surface area contributed by atoms with Gasteiger partial charge in [-0.3, -0.25) is 4.68 Å². The summed E-state index contributed by atoms with van der Waals surface area (Å²) < 4.78 is 4.20. The molecule has 0 radical (unpaired) electrons. The first-order valence-electron chi connectivity index (χ1n) is 6.11. The van der Waals surface area contributed by atoms with E-state index in [0.29, 0.717) is 5.92 Å². The molecule has 0 saturated carbocycles. The Balaban J connectivity index is 2.57. The van der Waals surface area contributed by atoms with E-state index in [9.17, 15) is 0 Å². The van der Waals surface area contributed by atoms with Crippen molar-refractivity contribution in [3.8, 4) is 5.82 Å². The summed E-state index contributed by atoms with van der Waals surface area (Å²) in [5, 5.41) is 4.62. The van der Waals surface area contributed by atoms with Crippen LogP contribution in [0.3, 0.4) is 0 Å². The molecule has 3 heteroatoms. The zero-order valence-corrected chi connectivity index (χ0v) is 11.6. The van der Waals surface area contributed by atoms with Crippen LogP contribution in [0.15, 0.2) is 12.1 Å². The fraction of sp³-hybridized carbons (Fsp3) is 0.500. The predicted molar refractivity (Wildman–Crippen MR) is 70.8 cm³/mol. The first kappa shape index (κ1) is 12.0. The summed E-state index contributed by atoms with van der Waals surface area (Å²) in [7, 11) is 2.01. The standard InChI is InChI=1S/C14H21N3/c1-9(2)13-8-14(15-16(13)6)17-11(4)7-10(3)12(17)5/h7-9H,1-6H3. The number of hydrogen-bond donors (Lipinski definition) is 0. The van der Waals surface area contributed by atoms with E-state index in [0.717, 1.165) is 5.82 Å². The van der Waals surface area contributed by atoms with E-state index in [1.165, 1.54) is 22.6 Å². The number of hydrogen-bond acceptors (Lipinski definition) is 1. The summed E-state index contributed by atoms with van der Waals surface area (Å²) in [6, 6.07) is 4.39. The van der Waals surface area contributed by atoms with Gasteiger partial charge in [0.15, 0.2) is 5.82 Å². The minimum Gasteiger partial charge on any atom is -0.301 e. The monoisotopic (exact) mass is 231 g/mol. The Bertz CT molecular complexity index is 544. The third-order valence-electron chi connectivity index (χ3n) is 3.41. The molecular formula is C14H21N3. The van der Waals surface area contributed by atoms with E-state index in [1.807, 2.05) is 11.7 Å². The second-order valence-electron chi connectivity index (χ2n) is 5.10. The van der Waals surface area contributed by atoms with Crippen LogP contribution < -0.4 is 0 Å². The van der Waals surface area contributed by atoms with Gasteiger partial charge < -0.3 is 4.57 Å². The van der Waals surface area contributed by atoms with Gasteiger partial charge in [0.05, 0.1) is 0 Å². The highest BCUT2D eigenvalue weighted by Crippen LogP contribution is 2.22. The molecule has 2 aromatic heterocycles. The van der Waals surface area contributed by atoms with Crippen LogP contribution in [0, 0.1) is 20.8 Å². The van der Waals surface area contributed by atoms with Gasteiger partial charge in [-0.25, -0.2) is 0 Å². The minimum absolute atomic E-state index is 0.499. The molecule has 0 spiro atoms. The number of nitrogens with zero attached hydrogens (tertiary/aromatic N) is 3. The van der Waals surface area contributed by atoms with Crippen LogP contribution in [0.2, 0.25) is 0 Å². The van der Waals surface area contributed by atoms with Crippen LogP contribution in [0.4, 0.5) is 0 Å². The first-order chi connectivity index (χ1) is 7.91. The summed E-state index contributed by atoms with van der Waals surface area (Å²) in [6.45, 7) is 10.8. The molecule has 0 N–H and O–H groups in total. The third-order valence-corrected chi connectivity index (χ3v) is 3.41. The minimum atomic E-state index is 0.499. The third kappa shape index (κ3) is 1.90. The van der Waals surface area contributed by atoms with Crippen molar-refractivity contribution in [2.75, 3.05) is 0 Å². The molecule has 0 aliphatic rings. The zero-order chi connectivity index (χ0) is 12.7. The van der Waals surface area contributed by atoms with Gasteiger partial charge in [-0.05, 0) is 38.3 Å². The molecule has 0 fully saturated rings. The lowest BCUT2D eigenvalue weighted by molar-refractivity contribution is 0.663. The van der Waals surface area contributed by atoms with Gasteiger partial charge >= 0.3 is 0 Å². The number of rotatable bonds is 2. The van der Waals surface area contributed by atoms with Gasteiger partial charge in [0.25, 0.3) is 0 Å². The van der Waals surface area contributed by atoms with Crippen molar-refractivity contribution in [2.45, 2.75) is 40.5 Å². The summed E-state index contributed by atoms with van der Waals surface area (Å²) in [4.78, 5) is 0. The summed E-state index contributed by atoms with van der Waals surface area (Å²) in [5.41, 5.74) is 5.11. The lowest BCUT2D eigenvalue weighted by Gasteiger charge is -2.04. The maximum Gasteiger partial charge on any atom is 0.159 e. The molecule has 0 aliphatic heterocycles. The van der Waals surface area contributed by atoms with Crippen LogP contribution in [0.5, 0.6) is 0 Å². The molecule has 0 aromatic carbocycles. The van der Waals surface area contributed by atoms with Gasteiger partial charge in [-0.2, -0.15) is 5.10 Å². The Hall–Kier alpha value is -1.51. The maximum atomic E-state index is 4.62. The molecule has 0 aliphatic carbocycles. The highest BCUT2D eigenvalue weighted by Gasteiger charge is 2.13. The van der Waals surface area contributed by atoms with E-state index < -0.39 is 0 Å². The normalized spacial score (nSPS) is 11.5. The molecule has 0 atom stereocenters. The van der Waals surface area contributed by atoms with Crippen LogP contribution in [0.25, 0.3) is 5.82 Å². The quantitative estimate of drug-likeness (QED) is 0.778. The topological polar surface area (TPSA) is 22.8 Å². The van der Waals surface area contributed by atoms with Gasteiger partial charge in [0, 0.05) is 30.2 Å². The largest absolute Gasteiger partial charge is 0.301 e. The van der Waals surface area contributed by atoms with Crippen LogP contribution in [-0.4, -0.2) is 14.3 Å². The van der Waals surface area contributed by atoms with E-state index in [1.54, 1.807) is 0 Å². The maximum absolute atomic E-state index is 4.62. The lowest BCUT2D eigenvalue weighted by Crippen LogP contribution is -2.02. The SMILES string of the molecule is Cc1cc(C)n(-c2cc(C(C)C)n(C)n2)c1C. The van der Waals surface area contributed by atoms with E-state index >= 15 is 0 Å². The lowest BCUT2D eigenvalue weighted by atomic mass is 10.1. The van der Waals surface area contributed by atoms with E-state index in [-0.39, 0.29) is 0 Å². The number of aromatic nitrogens is 3. The van der Waals surface area contributed by atoms with E-state index in [4.69, 9.17) is 0 Å². The highest BCUT2D eigenvalue weighted by atomic mass is 15.3. The Labute approximate surface area is 103 Å². The summed E-state index contributed by atoms with van der Waals surface area (Å²) in [6.07, 6.45) is 0. The molecule has 0 unspecified atom stereocenters. The predicted octanol–water partition coefficient (Wildman–Crippen LogP) is 3.26. The van der Waals surface area contributed by atoms with Crippen LogP contribution >= 0.6 is 0 Å². The Morgan fingerprint density at radius 1 is 1.12 bits per heavy atom. The molecule has 92 valence electrons. The van der Waals surface area contributed by atoms with Crippen molar-refractivity contribution < 1.29 is 0 Å². The van der Waals surface area contributed by atoms with Gasteiger partial charge in [-0.1, -0.05) is 13.8 Å². The van der Waals surface area contributed by atoms with Gasteiger partial charge in [0.2, 0.25) is 0 Å².